The molecule has 3 rings (SSSR count). The fourth-order valence-corrected chi connectivity index (χ4v) is 2.59. The van der Waals surface area contributed by atoms with Crippen LogP contribution in [-0.2, 0) is 6.42 Å². The van der Waals surface area contributed by atoms with Gasteiger partial charge in [-0.3, -0.25) is 0 Å². The molecule has 0 heterocycles. The van der Waals surface area contributed by atoms with Crippen molar-refractivity contribution in [2.45, 2.75) is 6.42 Å². The van der Waals surface area contributed by atoms with Crippen LogP contribution in [-0.4, -0.2) is 11.7 Å². The molecular formula is C21H20N2OS. The van der Waals surface area contributed by atoms with Crippen LogP contribution in [0, 0.1) is 0 Å². The largest absolute Gasteiger partial charge is 0.457 e. The summed E-state index contributed by atoms with van der Waals surface area (Å²) in [5.74, 6) is 1.61. The van der Waals surface area contributed by atoms with Crippen molar-refractivity contribution < 1.29 is 4.74 Å². The van der Waals surface area contributed by atoms with E-state index < -0.39 is 0 Å². The van der Waals surface area contributed by atoms with Gasteiger partial charge in [0.15, 0.2) is 5.11 Å². The van der Waals surface area contributed by atoms with E-state index in [-0.39, 0.29) is 0 Å². The predicted octanol–water partition coefficient (Wildman–Crippen LogP) is 5.01. The van der Waals surface area contributed by atoms with Gasteiger partial charge in [-0.25, -0.2) is 0 Å². The maximum absolute atomic E-state index is 5.78. The van der Waals surface area contributed by atoms with Gasteiger partial charge in [0, 0.05) is 12.2 Å². The van der Waals surface area contributed by atoms with Gasteiger partial charge in [-0.05, 0) is 60.6 Å². The molecule has 0 radical (unpaired) electrons. The number of para-hydroxylation sites is 1. The van der Waals surface area contributed by atoms with E-state index in [4.69, 9.17) is 17.0 Å². The first kappa shape index (κ1) is 17.0. The Hall–Kier alpha value is -2.85. The maximum Gasteiger partial charge on any atom is 0.170 e. The van der Waals surface area contributed by atoms with Crippen LogP contribution in [0.2, 0.25) is 0 Å². The topological polar surface area (TPSA) is 33.3 Å². The Labute approximate surface area is 153 Å². The molecule has 0 aliphatic rings. The van der Waals surface area contributed by atoms with Crippen LogP contribution in [0.3, 0.4) is 0 Å². The van der Waals surface area contributed by atoms with Gasteiger partial charge in [-0.15, -0.1) is 0 Å². The van der Waals surface area contributed by atoms with E-state index in [1.807, 2.05) is 72.8 Å². The van der Waals surface area contributed by atoms with Crippen molar-refractivity contribution in [3.05, 3.63) is 90.5 Å². The molecule has 0 bridgehead atoms. The van der Waals surface area contributed by atoms with Crippen molar-refractivity contribution in [2.24, 2.45) is 0 Å². The molecule has 0 atom stereocenters. The number of thiocarbonyl (C=S) groups is 1. The van der Waals surface area contributed by atoms with Crippen LogP contribution >= 0.6 is 12.2 Å². The monoisotopic (exact) mass is 348 g/mol. The standard InChI is InChI=1S/C21H20N2OS/c25-21(22-16-15-17-7-3-1-4-8-17)23-18-11-13-20(14-12-18)24-19-9-5-2-6-10-19/h1-14H,15-16H2,(H2,22,23,25). The van der Waals surface area contributed by atoms with E-state index in [0.717, 1.165) is 30.2 Å². The molecule has 0 aliphatic heterocycles. The van der Waals surface area contributed by atoms with E-state index in [1.165, 1.54) is 5.56 Å². The van der Waals surface area contributed by atoms with Crippen molar-refractivity contribution in [1.82, 2.24) is 5.32 Å². The Kier molecular flexibility index (Phi) is 6.01. The highest BCUT2D eigenvalue weighted by molar-refractivity contribution is 7.80. The highest BCUT2D eigenvalue weighted by Crippen LogP contribution is 2.22. The number of anilines is 1. The summed E-state index contributed by atoms with van der Waals surface area (Å²) in [6.07, 6.45) is 0.937. The predicted molar refractivity (Wildman–Crippen MR) is 107 cm³/mol. The van der Waals surface area contributed by atoms with Crippen molar-refractivity contribution >= 4 is 23.0 Å². The van der Waals surface area contributed by atoms with E-state index in [9.17, 15) is 0 Å². The van der Waals surface area contributed by atoms with Crippen molar-refractivity contribution in [3.63, 3.8) is 0 Å². The molecule has 0 unspecified atom stereocenters. The molecule has 4 heteroatoms. The van der Waals surface area contributed by atoms with Gasteiger partial charge in [0.05, 0.1) is 0 Å². The minimum Gasteiger partial charge on any atom is -0.457 e. The van der Waals surface area contributed by atoms with Gasteiger partial charge >= 0.3 is 0 Å². The van der Waals surface area contributed by atoms with Gasteiger partial charge in [-0.1, -0.05) is 48.5 Å². The lowest BCUT2D eigenvalue weighted by atomic mass is 10.1. The molecule has 0 saturated heterocycles. The van der Waals surface area contributed by atoms with Gasteiger partial charge in [0.25, 0.3) is 0 Å². The van der Waals surface area contributed by atoms with Crippen LogP contribution in [0.15, 0.2) is 84.9 Å². The molecule has 0 spiro atoms. The Morgan fingerprint density at radius 1 is 0.760 bits per heavy atom. The zero-order chi connectivity index (χ0) is 17.3. The smallest absolute Gasteiger partial charge is 0.170 e. The number of rotatable bonds is 6. The van der Waals surface area contributed by atoms with Crippen LogP contribution in [0.5, 0.6) is 11.5 Å². The maximum atomic E-state index is 5.78. The minimum atomic E-state index is 0.618. The second-order valence-electron chi connectivity index (χ2n) is 5.56. The van der Waals surface area contributed by atoms with Crippen LogP contribution in [0.1, 0.15) is 5.56 Å². The average molecular weight is 348 g/mol. The van der Waals surface area contributed by atoms with Crippen molar-refractivity contribution in [2.75, 3.05) is 11.9 Å². The molecule has 3 aromatic carbocycles. The second kappa shape index (κ2) is 8.85. The summed E-state index contributed by atoms with van der Waals surface area (Å²) in [5, 5.41) is 7.03. The van der Waals surface area contributed by atoms with Crippen molar-refractivity contribution in [1.29, 1.82) is 0 Å². The Morgan fingerprint density at radius 3 is 2.04 bits per heavy atom. The summed E-state index contributed by atoms with van der Waals surface area (Å²) in [7, 11) is 0. The first-order valence-corrected chi connectivity index (χ1v) is 8.62. The number of ether oxygens (including phenoxy) is 1. The van der Waals surface area contributed by atoms with Gasteiger partial charge in [-0.2, -0.15) is 0 Å². The zero-order valence-corrected chi connectivity index (χ0v) is 14.6. The zero-order valence-electron chi connectivity index (χ0n) is 13.8. The Morgan fingerprint density at radius 2 is 1.36 bits per heavy atom. The minimum absolute atomic E-state index is 0.618. The molecule has 0 fully saturated rings. The third-order valence-electron chi connectivity index (χ3n) is 3.63. The van der Waals surface area contributed by atoms with E-state index >= 15 is 0 Å². The number of benzene rings is 3. The highest BCUT2D eigenvalue weighted by Gasteiger charge is 2.00. The molecule has 3 aromatic rings. The van der Waals surface area contributed by atoms with Gasteiger partial charge < -0.3 is 15.4 Å². The number of hydrogen-bond donors (Lipinski definition) is 2. The molecule has 0 saturated carbocycles. The normalized spacial score (nSPS) is 10.1. The fourth-order valence-electron chi connectivity index (χ4n) is 2.37. The fraction of sp³-hybridized carbons (Fsp3) is 0.0952. The number of nitrogens with one attached hydrogen (secondary N) is 2. The summed E-state index contributed by atoms with van der Waals surface area (Å²) in [5.41, 5.74) is 2.22. The summed E-state index contributed by atoms with van der Waals surface area (Å²) in [4.78, 5) is 0. The molecule has 0 amide bonds. The Balaban J connectivity index is 1.45. The summed E-state index contributed by atoms with van der Waals surface area (Å²) < 4.78 is 5.78. The third-order valence-corrected chi connectivity index (χ3v) is 3.88. The first-order valence-electron chi connectivity index (χ1n) is 8.21. The first-order chi connectivity index (χ1) is 12.3. The lowest BCUT2D eigenvalue weighted by Gasteiger charge is -2.11. The Bertz CT molecular complexity index is 789. The molecular weight excluding hydrogens is 328 g/mol. The van der Waals surface area contributed by atoms with Gasteiger partial charge in [0.2, 0.25) is 0 Å². The summed E-state index contributed by atoms with van der Waals surface area (Å²) >= 11 is 5.34. The SMILES string of the molecule is S=C(NCCc1ccccc1)Nc1ccc(Oc2ccccc2)cc1. The molecule has 126 valence electrons. The molecule has 3 nitrogen and oxygen atoms in total. The van der Waals surface area contributed by atoms with Crippen LogP contribution in [0.4, 0.5) is 5.69 Å². The van der Waals surface area contributed by atoms with E-state index in [2.05, 4.69) is 22.8 Å². The number of hydrogen-bond acceptors (Lipinski definition) is 2. The molecule has 2 N–H and O–H groups in total. The van der Waals surface area contributed by atoms with E-state index in [1.54, 1.807) is 0 Å². The summed E-state index contributed by atoms with van der Waals surface area (Å²) in [6, 6.07) is 27.8. The average Bonchev–Trinajstić information content (AvgIpc) is 2.65. The second-order valence-corrected chi connectivity index (χ2v) is 5.96. The lowest BCUT2D eigenvalue weighted by Crippen LogP contribution is -2.30. The lowest BCUT2D eigenvalue weighted by molar-refractivity contribution is 0.483. The quantitative estimate of drug-likeness (QED) is 0.614. The summed E-state index contributed by atoms with van der Waals surface area (Å²) in [6.45, 7) is 0.797. The van der Waals surface area contributed by atoms with Crippen LogP contribution < -0.4 is 15.4 Å². The third kappa shape index (κ3) is 5.62. The van der Waals surface area contributed by atoms with Crippen molar-refractivity contribution in [3.8, 4) is 11.5 Å². The van der Waals surface area contributed by atoms with Gasteiger partial charge in [0.1, 0.15) is 11.5 Å². The van der Waals surface area contributed by atoms with E-state index in [0.29, 0.717) is 5.11 Å². The highest BCUT2D eigenvalue weighted by atomic mass is 32.1. The molecule has 25 heavy (non-hydrogen) atoms. The van der Waals surface area contributed by atoms with Crippen LogP contribution in [0.25, 0.3) is 0 Å². The molecule has 0 aromatic heterocycles. The molecule has 0 aliphatic carbocycles.